The van der Waals surface area contributed by atoms with E-state index < -0.39 is 23.6 Å². The van der Waals surface area contributed by atoms with E-state index in [1.54, 1.807) is 30.0 Å². The van der Waals surface area contributed by atoms with Gasteiger partial charge in [-0.3, -0.25) is 14.5 Å². The molecule has 0 aromatic heterocycles. The molecule has 2 aliphatic rings. The van der Waals surface area contributed by atoms with Crippen LogP contribution in [0.1, 0.15) is 39.1 Å². The quantitative estimate of drug-likeness (QED) is 0.816. The third-order valence-electron chi connectivity index (χ3n) is 6.06. The number of ether oxygens (including phenoxy) is 1. The second kappa shape index (κ2) is 8.11. The fourth-order valence-electron chi connectivity index (χ4n) is 4.33. The van der Waals surface area contributed by atoms with Crippen molar-refractivity contribution in [1.82, 2.24) is 9.80 Å². The Bertz CT molecular complexity index is 1010. The van der Waals surface area contributed by atoms with Gasteiger partial charge < -0.3 is 14.7 Å². The molecule has 2 amide bonds. The van der Waals surface area contributed by atoms with E-state index in [4.69, 9.17) is 4.74 Å². The second-order valence-electron chi connectivity index (χ2n) is 7.90. The number of hydrogen-bond acceptors (Lipinski definition) is 4. The third kappa shape index (κ3) is 3.79. The smallest absolute Gasteiger partial charge is 0.328 e. The van der Waals surface area contributed by atoms with Crippen molar-refractivity contribution in [3.05, 3.63) is 71.0 Å². The van der Waals surface area contributed by atoms with Gasteiger partial charge in [-0.25, -0.2) is 9.18 Å². The van der Waals surface area contributed by atoms with Gasteiger partial charge in [0.25, 0.3) is 11.8 Å². The van der Waals surface area contributed by atoms with Crippen molar-refractivity contribution in [2.45, 2.75) is 31.5 Å². The molecule has 2 saturated heterocycles. The van der Waals surface area contributed by atoms with Crippen molar-refractivity contribution in [3.63, 3.8) is 0 Å². The lowest BCUT2D eigenvalue weighted by molar-refractivity contribution is -0.143. The van der Waals surface area contributed by atoms with Crippen LogP contribution in [0.2, 0.25) is 0 Å². The van der Waals surface area contributed by atoms with Crippen molar-refractivity contribution < 1.29 is 28.6 Å². The molecular formula is C23H23FN2O5. The molecule has 2 aromatic carbocycles. The van der Waals surface area contributed by atoms with E-state index in [0.29, 0.717) is 37.1 Å². The molecule has 8 heteroatoms. The molecule has 1 spiro atoms. The molecule has 2 heterocycles. The first kappa shape index (κ1) is 21.0. The van der Waals surface area contributed by atoms with E-state index in [-0.39, 0.29) is 18.4 Å². The van der Waals surface area contributed by atoms with Gasteiger partial charge in [-0.1, -0.05) is 18.2 Å². The number of carboxylic acids is 1. The lowest BCUT2D eigenvalue weighted by Gasteiger charge is -2.44. The summed E-state index contributed by atoms with van der Waals surface area (Å²) in [5.74, 6) is -2.16. The maximum absolute atomic E-state index is 13.4. The van der Waals surface area contributed by atoms with Gasteiger partial charge in [-0.15, -0.1) is 0 Å². The third-order valence-corrected chi connectivity index (χ3v) is 6.06. The van der Waals surface area contributed by atoms with Crippen LogP contribution in [0.5, 0.6) is 0 Å². The van der Waals surface area contributed by atoms with Crippen LogP contribution in [-0.4, -0.2) is 64.2 Å². The molecule has 1 N–H and O–H groups in total. The normalized spacial score (nSPS) is 20.1. The Hall–Kier alpha value is -3.26. The lowest BCUT2D eigenvalue weighted by atomic mass is 9.95. The molecule has 2 aromatic rings. The van der Waals surface area contributed by atoms with Gasteiger partial charge in [0.1, 0.15) is 11.5 Å². The number of amides is 2. The van der Waals surface area contributed by atoms with Gasteiger partial charge in [0.05, 0.1) is 6.61 Å². The van der Waals surface area contributed by atoms with Crippen LogP contribution in [0.15, 0.2) is 48.5 Å². The molecule has 2 aliphatic heterocycles. The Morgan fingerprint density at radius 2 is 1.68 bits per heavy atom. The number of benzene rings is 2. The Morgan fingerprint density at radius 3 is 2.29 bits per heavy atom. The molecule has 1 atom stereocenters. The first-order valence-electron chi connectivity index (χ1n) is 10.1. The second-order valence-corrected chi connectivity index (χ2v) is 7.90. The minimum atomic E-state index is -1.12. The molecule has 4 rings (SSSR count). The molecule has 2 fully saturated rings. The summed E-state index contributed by atoms with van der Waals surface area (Å²) >= 11 is 0. The summed E-state index contributed by atoms with van der Waals surface area (Å²) in [7, 11) is 0. The number of aliphatic carboxylic acids is 1. The van der Waals surface area contributed by atoms with E-state index >= 15 is 0 Å². The van der Waals surface area contributed by atoms with Crippen molar-refractivity contribution in [1.29, 1.82) is 0 Å². The first-order valence-corrected chi connectivity index (χ1v) is 10.1. The van der Waals surface area contributed by atoms with E-state index in [0.717, 1.165) is 5.56 Å². The molecule has 0 radical (unpaired) electrons. The molecule has 0 aliphatic carbocycles. The zero-order valence-corrected chi connectivity index (χ0v) is 17.1. The number of likely N-dealkylation sites (tertiary alicyclic amines) is 1. The average molecular weight is 426 g/mol. The average Bonchev–Trinajstić information content (AvgIpc) is 3.13. The van der Waals surface area contributed by atoms with Crippen LogP contribution >= 0.6 is 0 Å². The highest BCUT2D eigenvalue weighted by molar-refractivity contribution is 5.98. The van der Waals surface area contributed by atoms with E-state index in [2.05, 4.69) is 0 Å². The fraction of sp³-hybridized carbons (Fsp3) is 0.348. The van der Waals surface area contributed by atoms with E-state index in [1.807, 2.05) is 6.07 Å². The van der Waals surface area contributed by atoms with Crippen LogP contribution in [0.4, 0.5) is 4.39 Å². The number of carbonyl (C=O) groups is 3. The predicted octanol–water partition coefficient (Wildman–Crippen LogP) is 2.69. The summed E-state index contributed by atoms with van der Waals surface area (Å²) in [4.78, 5) is 41.0. The van der Waals surface area contributed by atoms with Gasteiger partial charge in [0.2, 0.25) is 0 Å². The maximum Gasteiger partial charge on any atom is 0.328 e. The van der Waals surface area contributed by atoms with Crippen LogP contribution < -0.4 is 0 Å². The fourth-order valence-corrected chi connectivity index (χ4v) is 4.33. The summed E-state index contributed by atoms with van der Waals surface area (Å²) < 4.78 is 19.1. The number of halogens is 1. The summed E-state index contributed by atoms with van der Waals surface area (Å²) in [5, 5.41) is 9.70. The summed E-state index contributed by atoms with van der Waals surface area (Å²) in [6, 6.07) is 11.3. The van der Waals surface area contributed by atoms with Crippen molar-refractivity contribution in [2.24, 2.45) is 0 Å². The summed E-state index contributed by atoms with van der Waals surface area (Å²) in [6.07, 6.45) is 0.586. The van der Waals surface area contributed by atoms with Crippen LogP contribution in [0.3, 0.4) is 0 Å². The number of hydrogen-bond donors (Lipinski definition) is 1. The van der Waals surface area contributed by atoms with Gasteiger partial charge in [-0.05, 0) is 42.8 Å². The van der Waals surface area contributed by atoms with Crippen LogP contribution in [0.25, 0.3) is 0 Å². The van der Waals surface area contributed by atoms with Gasteiger partial charge in [0.15, 0.2) is 6.04 Å². The summed E-state index contributed by atoms with van der Waals surface area (Å²) in [5.41, 5.74) is 0.481. The minimum absolute atomic E-state index is 0.0984. The van der Waals surface area contributed by atoms with Gasteiger partial charge in [0, 0.05) is 37.1 Å². The Balaban J connectivity index is 1.57. The number of aryl methyl sites for hydroxylation is 1. The molecule has 31 heavy (non-hydrogen) atoms. The Morgan fingerprint density at radius 1 is 1.03 bits per heavy atom. The van der Waals surface area contributed by atoms with Gasteiger partial charge in [-0.2, -0.15) is 0 Å². The van der Waals surface area contributed by atoms with E-state index in [1.165, 1.54) is 29.2 Å². The largest absolute Gasteiger partial charge is 0.480 e. The molecule has 0 saturated carbocycles. The first-order chi connectivity index (χ1) is 14.8. The molecule has 7 nitrogen and oxygen atoms in total. The highest BCUT2D eigenvalue weighted by atomic mass is 19.1. The zero-order valence-electron chi connectivity index (χ0n) is 17.1. The van der Waals surface area contributed by atoms with Crippen LogP contribution in [-0.2, 0) is 9.53 Å². The number of piperidine rings is 1. The number of rotatable bonds is 3. The molecule has 162 valence electrons. The molecular weight excluding hydrogens is 403 g/mol. The van der Waals surface area contributed by atoms with Gasteiger partial charge >= 0.3 is 5.97 Å². The Labute approximate surface area is 179 Å². The Kier molecular flexibility index (Phi) is 5.49. The van der Waals surface area contributed by atoms with Crippen LogP contribution in [0, 0.1) is 12.7 Å². The number of carbonyl (C=O) groups excluding carboxylic acids is 2. The van der Waals surface area contributed by atoms with E-state index in [9.17, 15) is 23.9 Å². The van der Waals surface area contributed by atoms with Crippen molar-refractivity contribution >= 4 is 17.8 Å². The highest BCUT2D eigenvalue weighted by Crippen LogP contribution is 2.39. The van der Waals surface area contributed by atoms with Crippen molar-refractivity contribution in [2.75, 3.05) is 19.7 Å². The predicted molar refractivity (Wildman–Crippen MR) is 109 cm³/mol. The highest BCUT2D eigenvalue weighted by Gasteiger charge is 2.54. The maximum atomic E-state index is 13.4. The standard InChI is InChI=1S/C23H23FN2O5/c1-15-4-2-3-5-18(15)21(28)26-19(22(29)30)14-31-23(26)10-12-25(13-11-23)20(27)16-6-8-17(24)9-7-16/h2-9,19H,10-14H2,1H3,(H,29,30). The number of nitrogens with zero attached hydrogens (tertiary/aromatic N) is 2. The lowest BCUT2D eigenvalue weighted by Crippen LogP contribution is -2.58. The zero-order chi connectivity index (χ0) is 22.2. The minimum Gasteiger partial charge on any atom is -0.480 e. The SMILES string of the molecule is Cc1ccccc1C(=O)N1C(C(=O)O)COC12CCN(C(=O)c1ccc(F)cc1)CC2. The molecule has 0 bridgehead atoms. The molecule has 1 unspecified atom stereocenters. The number of carboxylic acid groups (broad SMARTS) is 1. The van der Waals surface area contributed by atoms with Crippen molar-refractivity contribution in [3.8, 4) is 0 Å². The summed E-state index contributed by atoms with van der Waals surface area (Å²) in [6.45, 7) is 2.29. The monoisotopic (exact) mass is 426 g/mol. The topological polar surface area (TPSA) is 87.2 Å².